The summed E-state index contributed by atoms with van der Waals surface area (Å²) in [6, 6.07) is 3.63. The first-order chi connectivity index (χ1) is 7.66. The number of nitrogens with zero attached hydrogens (tertiary/aromatic N) is 3. The average molecular weight is 233 g/mol. The summed E-state index contributed by atoms with van der Waals surface area (Å²) in [5.74, 6) is 0.730. The van der Waals surface area contributed by atoms with Crippen molar-refractivity contribution >= 4 is 28.7 Å². The van der Waals surface area contributed by atoms with Crippen molar-refractivity contribution in [2.45, 2.75) is 0 Å². The molecule has 16 heavy (non-hydrogen) atoms. The minimum absolute atomic E-state index is 0.334. The lowest BCUT2D eigenvalue weighted by Crippen LogP contribution is -2.12. The molecule has 0 saturated carbocycles. The van der Waals surface area contributed by atoms with Crippen LogP contribution < -0.4 is 11.1 Å². The van der Waals surface area contributed by atoms with Crippen molar-refractivity contribution in [1.29, 1.82) is 0 Å². The second-order valence-corrected chi connectivity index (χ2v) is 3.72. The zero-order valence-electron chi connectivity index (χ0n) is 8.71. The molecule has 2 aromatic rings. The highest BCUT2D eigenvalue weighted by atomic mass is 32.1. The molecule has 0 spiro atoms. The van der Waals surface area contributed by atoms with Crippen LogP contribution in [-0.4, -0.2) is 19.8 Å². The van der Waals surface area contributed by atoms with E-state index >= 15 is 0 Å². The monoisotopic (exact) mass is 233 g/mol. The molecule has 5 nitrogen and oxygen atoms in total. The fourth-order valence-electron chi connectivity index (χ4n) is 1.33. The molecule has 2 rings (SSSR count). The van der Waals surface area contributed by atoms with E-state index in [1.807, 2.05) is 19.3 Å². The average Bonchev–Trinajstić information content (AvgIpc) is 2.64. The first-order valence-corrected chi connectivity index (χ1v) is 5.08. The molecule has 0 atom stereocenters. The number of hydrogen-bond donors (Lipinski definition) is 2. The van der Waals surface area contributed by atoms with Gasteiger partial charge in [-0.15, -0.1) is 0 Å². The highest BCUT2D eigenvalue weighted by Gasteiger charge is 2.06. The summed E-state index contributed by atoms with van der Waals surface area (Å²) >= 11 is 4.96. The molecule has 0 aliphatic heterocycles. The fraction of sp³-hybridized carbons (Fsp3) is 0.100. The number of nitrogens with one attached hydrogen (secondary N) is 1. The van der Waals surface area contributed by atoms with Gasteiger partial charge in [-0.3, -0.25) is 9.67 Å². The number of pyridine rings is 1. The van der Waals surface area contributed by atoms with E-state index in [0.717, 1.165) is 17.1 Å². The minimum Gasteiger partial charge on any atom is -0.389 e. The van der Waals surface area contributed by atoms with Crippen molar-refractivity contribution in [3.8, 4) is 0 Å². The predicted octanol–water partition coefficient (Wildman–Crippen LogP) is 1.19. The molecule has 0 aliphatic carbocycles. The summed E-state index contributed by atoms with van der Waals surface area (Å²) in [5, 5.41) is 7.31. The van der Waals surface area contributed by atoms with Gasteiger partial charge in [0.2, 0.25) is 0 Å². The molecular weight excluding hydrogens is 222 g/mol. The van der Waals surface area contributed by atoms with E-state index in [-0.39, 0.29) is 0 Å². The van der Waals surface area contributed by atoms with E-state index < -0.39 is 0 Å². The maximum absolute atomic E-state index is 5.61. The Kier molecular flexibility index (Phi) is 2.82. The predicted molar refractivity (Wildman–Crippen MR) is 66.6 cm³/mol. The second kappa shape index (κ2) is 4.28. The summed E-state index contributed by atoms with van der Waals surface area (Å²) < 4.78 is 1.71. The number of aromatic nitrogens is 3. The summed E-state index contributed by atoms with van der Waals surface area (Å²) in [6.07, 6.45) is 5.17. The van der Waals surface area contributed by atoms with Gasteiger partial charge in [0.1, 0.15) is 4.99 Å². The van der Waals surface area contributed by atoms with E-state index in [1.54, 1.807) is 23.1 Å². The molecule has 0 unspecified atom stereocenters. The van der Waals surface area contributed by atoms with Crippen LogP contribution in [0.5, 0.6) is 0 Å². The number of aryl methyl sites for hydroxylation is 1. The van der Waals surface area contributed by atoms with Crippen molar-refractivity contribution in [2.24, 2.45) is 12.8 Å². The summed E-state index contributed by atoms with van der Waals surface area (Å²) in [4.78, 5) is 4.35. The Bertz CT molecular complexity index is 519. The lowest BCUT2D eigenvalue weighted by atomic mass is 10.2. The van der Waals surface area contributed by atoms with E-state index in [1.165, 1.54) is 0 Å². The van der Waals surface area contributed by atoms with Crippen molar-refractivity contribution in [3.63, 3.8) is 0 Å². The summed E-state index contributed by atoms with van der Waals surface area (Å²) in [6.45, 7) is 0. The third kappa shape index (κ3) is 2.17. The first-order valence-electron chi connectivity index (χ1n) is 4.67. The Balaban J connectivity index is 2.31. The molecule has 2 aromatic heterocycles. The molecule has 2 heterocycles. The van der Waals surface area contributed by atoms with E-state index in [4.69, 9.17) is 18.0 Å². The van der Waals surface area contributed by atoms with Crippen molar-refractivity contribution < 1.29 is 0 Å². The third-order valence-electron chi connectivity index (χ3n) is 2.06. The van der Waals surface area contributed by atoms with Gasteiger partial charge in [0.25, 0.3) is 0 Å². The quantitative estimate of drug-likeness (QED) is 0.779. The lowest BCUT2D eigenvalue weighted by molar-refractivity contribution is 0.771. The SMILES string of the molecule is Cn1ccc(Nc2cnccc2C(N)=S)n1. The van der Waals surface area contributed by atoms with Gasteiger partial charge in [-0.1, -0.05) is 12.2 Å². The van der Waals surface area contributed by atoms with Crippen LogP contribution in [0.3, 0.4) is 0 Å². The zero-order valence-corrected chi connectivity index (χ0v) is 9.53. The van der Waals surface area contributed by atoms with Crippen molar-refractivity contribution in [1.82, 2.24) is 14.8 Å². The van der Waals surface area contributed by atoms with E-state index in [9.17, 15) is 0 Å². The van der Waals surface area contributed by atoms with Gasteiger partial charge < -0.3 is 11.1 Å². The van der Waals surface area contributed by atoms with Gasteiger partial charge in [0.15, 0.2) is 5.82 Å². The Hall–Kier alpha value is -1.95. The molecule has 0 aliphatic rings. The molecule has 0 amide bonds. The fourth-order valence-corrected chi connectivity index (χ4v) is 1.51. The number of hydrogen-bond acceptors (Lipinski definition) is 4. The summed E-state index contributed by atoms with van der Waals surface area (Å²) in [7, 11) is 1.85. The van der Waals surface area contributed by atoms with Crippen LogP contribution in [0.2, 0.25) is 0 Å². The van der Waals surface area contributed by atoms with Crippen LogP contribution in [0, 0.1) is 0 Å². The Labute approximate surface area is 98.3 Å². The Morgan fingerprint density at radius 2 is 2.31 bits per heavy atom. The minimum atomic E-state index is 0.334. The van der Waals surface area contributed by atoms with Gasteiger partial charge in [-0.05, 0) is 6.07 Å². The van der Waals surface area contributed by atoms with Crippen LogP contribution in [0.4, 0.5) is 11.5 Å². The number of nitrogens with two attached hydrogens (primary N) is 1. The largest absolute Gasteiger partial charge is 0.389 e. The van der Waals surface area contributed by atoms with Crippen LogP contribution in [0.1, 0.15) is 5.56 Å². The van der Waals surface area contributed by atoms with Crippen LogP contribution in [0.25, 0.3) is 0 Å². The molecule has 3 N–H and O–H groups in total. The van der Waals surface area contributed by atoms with Crippen molar-refractivity contribution in [2.75, 3.05) is 5.32 Å². The van der Waals surface area contributed by atoms with Gasteiger partial charge in [-0.2, -0.15) is 5.10 Å². The van der Waals surface area contributed by atoms with Crippen LogP contribution in [0.15, 0.2) is 30.7 Å². The van der Waals surface area contributed by atoms with Crippen LogP contribution >= 0.6 is 12.2 Å². The van der Waals surface area contributed by atoms with Crippen LogP contribution in [-0.2, 0) is 7.05 Å². The Morgan fingerprint density at radius 3 is 2.94 bits per heavy atom. The number of rotatable bonds is 3. The molecule has 0 fully saturated rings. The molecule has 82 valence electrons. The van der Waals surface area contributed by atoms with E-state index in [2.05, 4.69) is 15.4 Å². The van der Waals surface area contributed by atoms with Crippen molar-refractivity contribution in [3.05, 3.63) is 36.3 Å². The van der Waals surface area contributed by atoms with Gasteiger partial charge in [0.05, 0.1) is 11.9 Å². The summed E-state index contributed by atoms with van der Waals surface area (Å²) in [5.41, 5.74) is 7.13. The first kappa shape index (κ1) is 10.6. The standard InChI is InChI=1S/C10H11N5S/c1-15-5-3-9(14-15)13-8-6-12-4-2-7(8)10(11)16/h2-6H,1H3,(H2,11,16)(H,13,14). The number of anilines is 2. The molecule has 6 heteroatoms. The second-order valence-electron chi connectivity index (χ2n) is 3.29. The highest BCUT2D eigenvalue weighted by molar-refractivity contribution is 7.80. The third-order valence-corrected chi connectivity index (χ3v) is 2.28. The van der Waals surface area contributed by atoms with Gasteiger partial charge in [0, 0.05) is 31.1 Å². The normalized spacial score (nSPS) is 10.1. The molecule has 0 bridgehead atoms. The molecule has 0 radical (unpaired) electrons. The maximum Gasteiger partial charge on any atom is 0.152 e. The molecular formula is C10H11N5S. The van der Waals surface area contributed by atoms with Gasteiger partial charge >= 0.3 is 0 Å². The smallest absolute Gasteiger partial charge is 0.152 e. The highest BCUT2D eigenvalue weighted by Crippen LogP contribution is 2.17. The topological polar surface area (TPSA) is 68.8 Å². The van der Waals surface area contributed by atoms with Gasteiger partial charge in [-0.25, -0.2) is 0 Å². The molecule has 0 saturated heterocycles. The Morgan fingerprint density at radius 1 is 1.50 bits per heavy atom. The molecule has 0 aromatic carbocycles. The van der Waals surface area contributed by atoms with E-state index in [0.29, 0.717) is 4.99 Å². The lowest BCUT2D eigenvalue weighted by Gasteiger charge is -2.07. The zero-order chi connectivity index (χ0) is 11.5. The maximum atomic E-state index is 5.61. The number of thiocarbonyl (C=S) groups is 1.